The molecule has 1 aromatic rings. The minimum atomic E-state index is -3.54. The molecule has 0 aliphatic heterocycles. The number of amides is 1. The molecule has 1 atom stereocenters. The number of carboxylic acid groups (broad SMARTS) is 1. The molecule has 7 nitrogen and oxygen atoms in total. The summed E-state index contributed by atoms with van der Waals surface area (Å²) in [5.74, 6) is -2.06. The van der Waals surface area contributed by atoms with Crippen LogP contribution in [0.5, 0.6) is 0 Å². The average Bonchev–Trinajstić information content (AvgIpc) is 2.75. The van der Waals surface area contributed by atoms with Gasteiger partial charge in [0.05, 0.1) is 0 Å². The van der Waals surface area contributed by atoms with E-state index >= 15 is 0 Å². The van der Waals surface area contributed by atoms with Crippen molar-refractivity contribution in [2.45, 2.75) is 31.4 Å². The van der Waals surface area contributed by atoms with E-state index in [-0.39, 0.29) is 23.2 Å². The summed E-state index contributed by atoms with van der Waals surface area (Å²) in [4.78, 5) is 22.8. The zero-order valence-electron chi connectivity index (χ0n) is 11.4. The standard InChI is InChI=1S/C12H17NO6S/c1-7(2)6-8(12(15)16)13-11(14)9-4-5-10(19-9)20(3,17)18/h4-5,7-8H,6H2,1-3H3,(H,13,14)(H,15,16). The van der Waals surface area contributed by atoms with Gasteiger partial charge in [-0.05, 0) is 24.5 Å². The fraction of sp³-hybridized carbons (Fsp3) is 0.500. The van der Waals surface area contributed by atoms with E-state index in [1.807, 2.05) is 13.8 Å². The van der Waals surface area contributed by atoms with Crippen LogP contribution in [0.3, 0.4) is 0 Å². The molecule has 1 aromatic heterocycles. The molecule has 8 heteroatoms. The van der Waals surface area contributed by atoms with Crippen molar-refractivity contribution in [2.24, 2.45) is 5.92 Å². The predicted octanol–water partition coefficient (Wildman–Crippen LogP) is 0.912. The lowest BCUT2D eigenvalue weighted by molar-refractivity contribution is -0.139. The zero-order chi connectivity index (χ0) is 15.5. The quantitative estimate of drug-likeness (QED) is 0.807. The first-order chi connectivity index (χ1) is 9.11. The fourth-order valence-corrected chi connectivity index (χ4v) is 2.12. The lowest BCUT2D eigenvalue weighted by Gasteiger charge is -2.15. The summed E-state index contributed by atoms with van der Waals surface area (Å²) in [6, 6.07) is 1.30. The van der Waals surface area contributed by atoms with Gasteiger partial charge in [-0.3, -0.25) is 4.79 Å². The summed E-state index contributed by atoms with van der Waals surface area (Å²) in [5, 5.41) is 11.0. The molecule has 20 heavy (non-hydrogen) atoms. The van der Waals surface area contributed by atoms with Gasteiger partial charge in [0, 0.05) is 6.26 Å². The molecule has 0 radical (unpaired) electrons. The van der Waals surface area contributed by atoms with Crippen LogP contribution in [0.25, 0.3) is 0 Å². The molecule has 0 aliphatic rings. The minimum absolute atomic E-state index is 0.0829. The Morgan fingerprint density at radius 3 is 2.35 bits per heavy atom. The van der Waals surface area contributed by atoms with Crippen LogP contribution in [0, 0.1) is 5.92 Å². The third-order valence-corrected chi connectivity index (χ3v) is 3.43. The Labute approximate surface area is 116 Å². The van der Waals surface area contributed by atoms with Gasteiger partial charge in [0.2, 0.25) is 14.9 Å². The summed E-state index contributed by atoms with van der Waals surface area (Å²) < 4.78 is 27.4. The monoisotopic (exact) mass is 303 g/mol. The lowest BCUT2D eigenvalue weighted by Crippen LogP contribution is -2.41. The molecule has 0 saturated heterocycles. The van der Waals surface area contributed by atoms with Gasteiger partial charge in [0.15, 0.2) is 5.76 Å². The number of nitrogens with one attached hydrogen (secondary N) is 1. The van der Waals surface area contributed by atoms with E-state index in [2.05, 4.69) is 5.32 Å². The van der Waals surface area contributed by atoms with Gasteiger partial charge < -0.3 is 14.8 Å². The SMILES string of the molecule is CC(C)CC(NC(=O)c1ccc(S(C)(=O)=O)o1)C(=O)O. The van der Waals surface area contributed by atoms with Crippen molar-refractivity contribution in [3.05, 3.63) is 17.9 Å². The molecular weight excluding hydrogens is 286 g/mol. The third kappa shape index (κ3) is 4.37. The predicted molar refractivity (Wildman–Crippen MR) is 70.2 cm³/mol. The molecule has 1 heterocycles. The van der Waals surface area contributed by atoms with Gasteiger partial charge in [-0.25, -0.2) is 13.2 Å². The normalized spacial score (nSPS) is 13.2. The summed E-state index contributed by atoms with van der Waals surface area (Å²) in [7, 11) is -3.54. The number of carboxylic acids is 1. The fourth-order valence-electron chi connectivity index (χ4n) is 1.56. The second-order valence-electron chi connectivity index (χ2n) is 4.88. The first-order valence-electron chi connectivity index (χ1n) is 5.95. The number of carbonyl (C=O) groups excluding carboxylic acids is 1. The average molecular weight is 303 g/mol. The number of aliphatic carboxylic acids is 1. The van der Waals surface area contributed by atoms with Gasteiger partial charge in [-0.1, -0.05) is 13.8 Å². The van der Waals surface area contributed by atoms with E-state index in [4.69, 9.17) is 9.52 Å². The van der Waals surface area contributed by atoms with Crippen molar-refractivity contribution >= 4 is 21.7 Å². The lowest BCUT2D eigenvalue weighted by atomic mass is 10.0. The number of hydrogen-bond donors (Lipinski definition) is 2. The van der Waals surface area contributed by atoms with Gasteiger partial charge >= 0.3 is 5.97 Å². The number of rotatable bonds is 6. The van der Waals surface area contributed by atoms with Crippen LogP contribution in [0.4, 0.5) is 0 Å². The number of sulfone groups is 1. The van der Waals surface area contributed by atoms with Gasteiger partial charge in [-0.15, -0.1) is 0 Å². The minimum Gasteiger partial charge on any atom is -0.480 e. The Morgan fingerprint density at radius 1 is 1.35 bits per heavy atom. The third-order valence-electron chi connectivity index (χ3n) is 2.48. The van der Waals surface area contributed by atoms with E-state index in [1.165, 1.54) is 6.07 Å². The molecule has 0 bridgehead atoms. The van der Waals surface area contributed by atoms with E-state index in [1.54, 1.807) is 0 Å². The largest absolute Gasteiger partial charge is 0.480 e. The molecule has 0 aliphatic carbocycles. The van der Waals surface area contributed by atoms with Crippen molar-refractivity contribution in [1.29, 1.82) is 0 Å². The van der Waals surface area contributed by atoms with Crippen LogP contribution in [0.1, 0.15) is 30.8 Å². The maximum atomic E-state index is 11.8. The van der Waals surface area contributed by atoms with Crippen molar-refractivity contribution in [2.75, 3.05) is 6.26 Å². The van der Waals surface area contributed by atoms with Crippen LogP contribution in [-0.2, 0) is 14.6 Å². The van der Waals surface area contributed by atoms with Crippen molar-refractivity contribution in [3.8, 4) is 0 Å². The van der Waals surface area contributed by atoms with Crippen LogP contribution in [-0.4, -0.2) is 37.7 Å². The molecule has 112 valence electrons. The van der Waals surface area contributed by atoms with E-state index in [0.717, 1.165) is 12.3 Å². The van der Waals surface area contributed by atoms with Crippen molar-refractivity contribution in [1.82, 2.24) is 5.32 Å². The highest BCUT2D eigenvalue weighted by Crippen LogP contribution is 2.14. The zero-order valence-corrected chi connectivity index (χ0v) is 12.2. The van der Waals surface area contributed by atoms with Gasteiger partial charge in [-0.2, -0.15) is 0 Å². The molecule has 0 saturated carbocycles. The van der Waals surface area contributed by atoms with Crippen LogP contribution in [0.15, 0.2) is 21.6 Å². The first kappa shape index (κ1) is 16.2. The highest BCUT2D eigenvalue weighted by atomic mass is 32.2. The Kier molecular flexibility index (Phi) is 4.93. The number of carbonyl (C=O) groups is 2. The second-order valence-corrected chi connectivity index (χ2v) is 6.83. The summed E-state index contributed by atoms with van der Waals surface area (Å²) in [6.45, 7) is 3.66. The molecule has 1 rings (SSSR count). The molecule has 2 N–H and O–H groups in total. The smallest absolute Gasteiger partial charge is 0.326 e. The summed E-state index contributed by atoms with van der Waals surface area (Å²) in [6.07, 6.45) is 1.22. The van der Waals surface area contributed by atoms with Crippen molar-refractivity contribution < 1.29 is 27.5 Å². The van der Waals surface area contributed by atoms with Crippen LogP contribution in [0.2, 0.25) is 0 Å². The maximum Gasteiger partial charge on any atom is 0.326 e. The van der Waals surface area contributed by atoms with E-state index < -0.39 is 27.8 Å². The Hall–Kier alpha value is -1.83. The maximum absolute atomic E-state index is 11.8. The Bertz CT molecular complexity index is 601. The molecule has 1 unspecified atom stereocenters. The highest BCUT2D eigenvalue weighted by molar-refractivity contribution is 7.90. The van der Waals surface area contributed by atoms with Crippen LogP contribution < -0.4 is 5.32 Å². The van der Waals surface area contributed by atoms with E-state index in [0.29, 0.717) is 0 Å². The first-order valence-corrected chi connectivity index (χ1v) is 7.84. The topological polar surface area (TPSA) is 114 Å². The summed E-state index contributed by atoms with van der Waals surface area (Å²) in [5.41, 5.74) is 0. The Balaban J connectivity index is 2.84. The molecule has 0 fully saturated rings. The second kappa shape index (κ2) is 6.08. The molecular formula is C12H17NO6S. The van der Waals surface area contributed by atoms with Crippen molar-refractivity contribution in [3.63, 3.8) is 0 Å². The summed E-state index contributed by atoms with van der Waals surface area (Å²) >= 11 is 0. The molecule has 1 amide bonds. The van der Waals surface area contributed by atoms with Crippen LogP contribution >= 0.6 is 0 Å². The number of hydrogen-bond acceptors (Lipinski definition) is 5. The van der Waals surface area contributed by atoms with Gasteiger partial charge in [0.25, 0.3) is 5.91 Å². The number of furan rings is 1. The molecule has 0 aromatic carbocycles. The Morgan fingerprint density at radius 2 is 1.95 bits per heavy atom. The van der Waals surface area contributed by atoms with Gasteiger partial charge in [0.1, 0.15) is 6.04 Å². The van der Waals surface area contributed by atoms with E-state index in [9.17, 15) is 18.0 Å². The highest BCUT2D eigenvalue weighted by Gasteiger charge is 2.24. The molecule has 0 spiro atoms.